The van der Waals surface area contributed by atoms with Gasteiger partial charge in [0.2, 0.25) is 0 Å². The lowest BCUT2D eigenvalue weighted by Crippen LogP contribution is -2.19. The van der Waals surface area contributed by atoms with Gasteiger partial charge in [-0.1, -0.05) is 47.5 Å². The average Bonchev–Trinajstić information content (AvgIpc) is 3.09. The van der Waals surface area contributed by atoms with Crippen LogP contribution >= 0.6 is 35.0 Å². The molecule has 30 heavy (non-hydrogen) atoms. The lowest BCUT2D eigenvalue weighted by Gasteiger charge is -2.06. The molecule has 1 aliphatic heterocycles. The lowest BCUT2D eigenvalue weighted by molar-refractivity contribution is -0.115. The monoisotopic (exact) mass is 454 g/mol. The Kier molecular flexibility index (Phi) is 6.43. The molecule has 1 saturated heterocycles. The van der Waals surface area contributed by atoms with Gasteiger partial charge in [-0.15, -0.1) is 0 Å². The van der Waals surface area contributed by atoms with Crippen LogP contribution in [0.25, 0.3) is 6.08 Å². The predicted molar refractivity (Wildman–Crippen MR) is 124 cm³/mol. The number of amides is 1. The highest BCUT2D eigenvalue weighted by Gasteiger charge is 2.23. The zero-order valence-corrected chi connectivity index (χ0v) is 18.0. The van der Waals surface area contributed by atoms with Gasteiger partial charge in [-0.3, -0.25) is 4.79 Å². The maximum atomic E-state index is 12.2. The fourth-order valence-electron chi connectivity index (χ4n) is 2.67. The van der Waals surface area contributed by atoms with E-state index < -0.39 is 0 Å². The summed E-state index contributed by atoms with van der Waals surface area (Å²) in [6.45, 7) is 0.459. The average molecular weight is 455 g/mol. The molecular weight excluding hydrogens is 439 g/mol. The number of ether oxygens (including phenoxy) is 1. The summed E-state index contributed by atoms with van der Waals surface area (Å²) in [6.07, 6.45) is 1.83. The molecule has 1 heterocycles. The molecule has 0 atom stereocenters. The van der Waals surface area contributed by atoms with E-state index >= 15 is 0 Å². The second-order valence-corrected chi connectivity index (χ2v) is 8.35. The van der Waals surface area contributed by atoms with E-state index in [-0.39, 0.29) is 5.91 Å². The molecule has 3 aromatic rings. The van der Waals surface area contributed by atoms with Crippen LogP contribution in [-0.2, 0) is 11.4 Å². The Labute approximate surface area is 188 Å². The van der Waals surface area contributed by atoms with Crippen molar-refractivity contribution in [3.8, 4) is 5.75 Å². The van der Waals surface area contributed by atoms with E-state index in [0.29, 0.717) is 26.7 Å². The minimum atomic E-state index is -0.171. The van der Waals surface area contributed by atoms with Gasteiger partial charge in [0.05, 0.1) is 10.6 Å². The van der Waals surface area contributed by atoms with Crippen molar-refractivity contribution < 1.29 is 9.53 Å². The lowest BCUT2D eigenvalue weighted by atomic mass is 10.2. The standard InChI is InChI=1S/C23H16Cl2N2O2S/c24-17-5-1-16(2-6-17)14-29-20-11-3-15(4-12-20)13-21-22(28)27-23(30-21)26-19-9-7-18(25)8-10-19/h1-13H,14H2,(H,26,27,28). The van der Waals surface area contributed by atoms with Crippen molar-refractivity contribution in [1.82, 2.24) is 5.32 Å². The summed E-state index contributed by atoms with van der Waals surface area (Å²) in [5.41, 5.74) is 2.67. The molecule has 4 nitrogen and oxygen atoms in total. The second-order valence-electron chi connectivity index (χ2n) is 6.44. The molecule has 0 saturated carbocycles. The minimum Gasteiger partial charge on any atom is -0.489 e. The van der Waals surface area contributed by atoms with Crippen LogP contribution < -0.4 is 10.1 Å². The highest BCUT2D eigenvalue weighted by Crippen LogP contribution is 2.29. The Bertz CT molecular complexity index is 1110. The van der Waals surface area contributed by atoms with Gasteiger partial charge >= 0.3 is 0 Å². The smallest absolute Gasteiger partial charge is 0.264 e. The van der Waals surface area contributed by atoms with Gasteiger partial charge in [0.25, 0.3) is 5.91 Å². The highest BCUT2D eigenvalue weighted by molar-refractivity contribution is 8.18. The van der Waals surface area contributed by atoms with Crippen molar-refractivity contribution in [2.24, 2.45) is 4.99 Å². The number of halogens is 2. The summed E-state index contributed by atoms with van der Waals surface area (Å²) in [7, 11) is 0. The van der Waals surface area contributed by atoms with Gasteiger partial charge in [0.1, 0.15) is 12.4 Å². The largest absolute Gasteiger partial charge is 0.489 e. The van der Waals surface area contributed by atoms with Crippen LogP contribution in [0.3, 0.4) is 0 Å². The number of hydrogen-bond acceptors (Lipinski definition) is 4. The zero-order chi connectivity index (χ0) is 20.9. The molecule has 0 spiro atoms. The van der Waals surface area contributed by atoms with Crippen molar-refractivity contribution in [2.45, 2.75) is 6.61 Å². The number of hydrogen-bond donors (Lipinski definition) is 1. The molecule has 0 bridgehead atoms. The first-order chi connectivity index (χ1) is 14.5. The molecule has 0 radical (unpaired) electrons. The number of carbonyl (C=O) groups is 1. The molecule has 0 unspecified atom stereocenters. The van der Waals surface area contributed by atoms with Crippen LogP contribution in [-0.4, -0.2) is 11.1 Å². The van der Waals surface area contributed by atoms with Crippen molar-refractivity contribution in [3.63, 3.8) is 0 Å². The number of benzene rings is 3. The fourth-order valence-corrected chi connectivity index (χ4v) is 3.77. The van der Waals surface area contributed by atoms with E-state index in [1.54, 1.807) is 24.3 Å². The Balaban J connectivity index is 1.39. The zero-order valence-electron chi connectivity index (χ0n) is 15.6. The number of nitrogens with one attached hydrogen (secondary N) is 1. The molecule has 0 aliphatic carbocycles. The van der Waals surface area contributed by atoms with Gasteiger partial charge in [-0.2, -0.15) is 0 Å². The van der Waals surface area contributed by atoms with E-state index in [1.165, 1.54) is 11.8 Å². The molecule has 1 aliphatic rings. The predicted octanol–water partition coefficient (Wildman–Crippen LogP) is 6.46. The number of rotatable bonds is 5. The van der Waals surface area contributed by atoms with Crippen LogP contribution in [0.1, 0.15) is 11.1 Å². The minimum absolute atomic E-state index is 0.171. The highest BCUT2D eigenvalue weighted by atomic mass is 35.5. The maximum absolute atomic E-state index is 12.2. The molecule has 150 valence electrons. The molecular formula is C23H16Cl2N2O2S. The quantitative estimate of drug-likeness (QED) is 0.449. The number of amidine groups is 1. The molecule has 1 N–H and O–H groups in total. The summed E-state index contributed by atoms with van der Waals surface area (Å²) in [5, 5.41) is 4.66. The summed E-state index contributed by atoms with van der Waals surface area (Å²) >= 11 is 13.1. The van der Waals surface area contributed by atoms with E-state index in [2.05, 4.69) is 10.3 Å². The summed E-state index contributed by atoms with van der Waals surface area (Å²) in [5.74, 6) is 0.580. The summed E-state index contributed by atoms with van der Waals surface area (Å²) in [4.78, 5) is 17.3. The van der Waals surface area contributed by atoms with Crippen LogP contribution in [0.15, 0.2) is 82.7 Å². The van der Waals surface area contributed by atoms with E-state index in [9.17, 15) is 4.79 Å². The van der Waals surface area contributed by atoms with Gasteiger partial charge in [-0.05, 0) is 77.5 Å². The van der Waals surface area contributed by atoms with Gasteiger partial charge in [-0.25, -0.2) is 4.99 Å². The second kappa shape index (κ2) is 9.39. The van der Waals surface area contributed by atoms with Crippen molar-refractivity contribution in [1.29, 1.82) is 0 Å². The number of thioether (sulfide) groups is 1. The molecule has 0 aromatic heterocycles. The molecule has 1 amide bonds. The first-order valence-electron chi connectivity index (χ1n) is 9.08. The first kappa shape index (κ1) is 20.5. The Morgan fingerprint density at radius 2 is 1.53 bits per heavy atom. The van der Waals surface area contributed by atoms with Crippen LogP contribution in [0.4, 0.5) is 5.69 Å². The normalized spacial score (nSPS) is 16.1. The summed E-state index contributed by atoms with van der Waals surface area (Å²) < 4.78 is 5.79. The fraction of sp³-hybridized carbons (Fsp3) is 0.0435. The number of nitrogens with zero attached hydrogens (tertiary/aromatic N) is 1. The third kappa shape index (κ3) is 5.45. The molecule has 4 rings (SSSR count). The van der Waals surface area contributed by atoms with E-state index in [4.69, 9.17) is 27.9 Å². The van der Waals surface area contributed by atoms with Gasteiger partial charge in [0.15, 0.2) is 5.17 Å². The Morgan fingerprint density at radius 1 is 0.900 bits per heavy atom. The summed E-state index contributed by atoms with van der Waals surface area (Å²) in [6, 6.07) is 22.2. The van der Waals surface area contributed by atoms with Crippen molar-refractivity contribution >= 4 is 57.8 Å². The molecule has 3 aromatic carbocycles. The third-order valence-electron chi connectivity index (χ3n) is 4.20. The van der Waals surface area contributed by atoms with Gasteiger partial charge < -0.3 is 10.1 Å². The Hall–Kier alpha value is -2.73. The maximum Gasteiger partial charge on any atom is 0.264 e. The topological polar surface area (TPSA) is 50.7 Å². The van der Waals surface area contributed by atoms with Crippen LogP contribution in [0.5, 0.6) is 5.75 Å². The Morgan fingerprint density at radius 3 is 2.20 bits per heavy atom. The van der Waals surface area contributed by atoms with Gasteiger partial charge in [0, 0.05) is 10.0 Å². The SMILES string of the molecule is O=C1NC(=Nc2ccc(Cl)cc2)SC1=Cc1ccc(OCc2ccc(Cl)cc2)cc1. The van der Waals surface area contributed by atoms with Crippen LogP contribution in [0, 0.1) is 0 Å². The molecule has 7 heteroatoms. The van der Waals surface area contributed by atoms with Crippen molar-refractivity contribution in [2.75, 3.05) is 0 Å². The van der Waals surface area contributed by atoms with Crippen LogP contribution in [0.2, 0.25) is 10.0 Å². The third-order valence-corrected chi connectivity index (χ3v) is 5.62. The first-order valence-corrected chi connectivity index (χ1v) is 10.6. The number of carbonyl (C=O) groups excluding carboxylic acids is 1. The van der Waals surface area contributed by atoms with E-state index in [1.807, 2.05) is 54.6 Å². The van der Waals surface area contributed by atoms with E-state index in [0.717, 1.165) is 22.6 Å². The molecule has 1 fully saturated rings. The number of aliphatic imine (C=N–C) groups is 1. The van der Waals surface area contributed by atoms with Crippen molar-refractivity contribution in [3.05, 3.63) is 98.9 Å².